The number of rotatable bonds is 12. The zero-order chi connectivity index (χ0) is 44.0. The smallest absolute Gasteiger partial charge is 0.150 e. The molecule has 0 unspecified atom stereocenters. The first-order valence-electron chi connectivity index (χ1n) is 21.5. The topological polar surface area (TPSA) is 78.9 Å². The highest BCUT2D eigenvalue weighted by Crippen LogP contribution is 2.36. The number of aldehydes is 3. The molecule has 0 heterocycles. The molecule has 63 heavy (non-hydrogen) atoms. The van der Waals surface area contributed by atoms with Crippen LogP contribution < -0.4 is 14.2 Å². The Morgan fingerprint density at radius 2 is 0.683 bits per heavy atom. The lowest BCUT2D eigenvalue weighted by Gasteiger charge is -2.17. The molecule has 0 bridgehead atoms. The predicted molar refractivity (Wildman–Crippen MR) is 249 cm³/mol. The SMILES string of the molecule is CCCOc1cc2c(cc1C#Cc1cccc(C=O)c1)Cc1cc(OCCC)c(C#Cc3cccc(C=O)c3)cc1Cc1cc(OCCC)c(C#Cc3cccc(C=O)c3)cc1C2. The average molecular weight is 829 g/mol. The summed E-state index contributed by atoms with van der Waals surface area (Å²) in [6, 6.07) is 34.7. The van der Waals surface area contributed by atoms with Crippen molar-refractivity contribution in [1.82, 2.24) is 0 Å². The Balaban J connectivity index is 1.44. The van der Waals surface area contributed by atoms with Crippen LogP contribution in [0.5, 0.6) is 17.2 Å². The van der Waals surface area contributed by atoms with Crippen molar-refractivity contribution < 1.29 is 28.6 Å². The van der Waals surface area contributed by atoms with Crippen LogP contribution in [0.2, 0.25) is 0 Å². The van der Waals surface area contributed by atoms with Crippen LogP contribution in [0.3, 0.4) is 0 Å². The molecule has 0 atom stereocenters. The van der Waals surface area contributed by atoms with Gasteiger partial charge in [-0.3, -0.25) is 14.4 Å². The van der Waals surface area contributed by atoms with Crippen LogP contribution in [0.4, 0.5) is 0 Å². The monoisotopic (exact) mass is 828 g/mol. The highest BCUT2D eigenvalue weighted by Gasteiger charge is 2.22. The van der Waals surface area contributed by atoms with Crippen LogP contribution in [0, 0.1) is 35.5 Å². The summed E-state index contributed by atoms with van der Waals surface area (Å²) in [4.78, 5) is 34.7. The molecule has 0 aliphatic heterocycles. The minimum Gasteiger partial charge on any atom is -0.492 e. The molecule has 6 nitrogen and oxygen atoms in total. The van der Waals surface area contributed by atoms with Gasteiger partial charge in [-0.2, -0.15) is 0 Å². The molecule has 0 amide bonds. The second-order valence-corrected chi connectivity index (χ2v) is 15.4. The van der Waals surface area contributed by atoms with Crippen molar-refractivity contribution >= 4 is 18.9 Å². The van der Waals surface area contributed by atoms with Gasteiger partial charge in [0.05, 0.1) is 36.5 Å². The van der Waals surface area contributed by atoms with E-state index in [-0.39, 0.29) is 0 Å². The summed E-state index contributed by atoms with van der Waals surface area (Å²) in [5.41, 5.74) is 12.7. The Morgan fingerprint density at radius 1 is 0.397 bits per heavy atom. The van der Waals surface area contributed by atoms with E-state index in [1.54, 1.807) is 36.4 Å². The van der Waals surface area contributed by atoms with Gasteiger partial charge in [0.25, 0.3) is 0 Å². The lowest BCUT2D eigenvalue weighted by molar-refractivity contribution is 0.111. The molecule has 1 aliphatic carbocycles. The molecular weight excluding hydrogens is 781 g/mol. The van der Waals surface area contributed by atoms with Gasteiger partial charge in [0, 0.05) is 33.4 Å². The predicted octanol–water partition coefficient (Wildman–Crippen LogP) is 10.8. The van der Waals surface area contributed by atoms with Gasteiger partial charge in [0.1, 0.15) is 36.1 Å². The van der Waals surface area contributed by atoms with Gasteiger partial charge in [-0.25, -0.2) is 0 Å². The Labute approximate surface area is 370 Å². The summed E-state index contributed by atoms with van der Waals surface area (Å²) in [5, 5.41) is 0. The summed E-state index contributed by atoms with van der Waals surface area (Å²) >= 11 is 0. The molecule has 0 saturated carbocycles. The van der Waals surface area contributed by atoms with Crippen LogP contribution in [0.1, 0.15) is 138 Å². The largest absolute Gasteiger partial charge is 0.492 e. The van der Waals surface area contributed by atoms with E-state index in [1.807, 2.05) is 36.4 Å². The molecule has 0 radical (unpaired) electrons. The van der Waals surface area contributed by atoms with E-state index in [0.29, 0.717) is 73.0 Å². The maximum absolute atomic E-state index is 11.6. The highest BCUT2D eigenvalue weighted by atomic mass is 16.5. The van der Waals surface area contributed by atoms with Crippen LogP contribution >= 0.6 is 0 Å². The zero-order valence-electron chi connectivity index (χ0n) is 35.9. The first-order valence-corrected chi connectivity index (χ1v) is 21.5. The minimum atomic E-state index is 0.526. The van der Waals surface area contributed by atoms with E-state index >= 15 is 0 Å². The van der Waals surface area contributed by atoms with Gasteiger partial charge in [-0.1, -0.05) is 92.7 Å². The Morgan fingerprint density at radius 3 is 0.952 bits per heavy atom. The van der Waals surface area contributed by atoms with E-state index in [4.69, 9.17) is 14.2 Å². The van der Waals surface area contributed by atoms with Crippen LogP contribution in [-0.2, 0) is 19.3 Å². The van der Waals surface area contributed by atoms with Crippen molar-refractivity contribution in [2.45, 2.75) is 59.3 Å². The summed E-state index contributed by atoms with van der Waals surface area (Å²) in [5.74, 6) is 22.1. The zero-order valence-corrected chi connectivity index (χ0v) is 35.9. The fraction of sp³-hybridized carbons (Fsp3) is 0.211. The number of ether oxygens (including phenoxy) is 3. The fourth-order valence-corrected chi connectivity index (χ4v) is 7.38. The van der Waals surface area contributed by atoms with E-state index in [2.05, 4.69) is 92.7 Å². The number of hydrogen-bond donors (Lipinski definition) is 0. The molecule has 0 fully saturated rings. The van der Waals surface area contributed by atoms with Gasteiger partial charge in [0.2, 0.25) is 0 Å². The highest BCUT2D eigenvalue weighted by molar-refractivity contribution is 5.77. The third-order valence-electron chi connectivity index (χ3n) is 10.5. The first-order chi connectivity index (χ1) is 30.9. The molecule has 0 N–H and O–H groups in total. The normalized spacial score (nSPS) is 11.1. The maximum Gasteiger partial charge on any atom is 0.150 e. The number of carbonyl (C=O) groups excluding carboxylic acids is 3. The van der Waals surface area contributed by atoms with Crippen molar-refractivity contribution in [3.63, 3.8) is 0 Å². The Bertz CT molecular complexity index is 2560. The lowest BCUT2D eigenvalue weighted by atomic mass is 9.92. The van der Waals surface area contributed by atoms with Crippen molar-refractivity contribution in [2.75, 3.05) is 19.8 Å². The molecule has 312 valence electrons. The lowest BCUT2D eigenvalue weighted by Crippen LogP contribution is -2.05. The molecule has 0 saturated heterocycles. The van der Waals surface area contributed by atoms with E-state index in [9.17, 15) is 14.4 Å². The van der Waals surface area contributed by atoms with Gasteiger partial charge in [0.15, 0.2) is 0 Å². The molecular formula is C57H48O6. The number of benzene rings is 6. The van der Waals surface area contributed by atoms with Crippen LogP contribution in [0.25, 0.3) is 0 Å². The van der Waals surface area contributed by atoms with E-state index < -0.39 is 0 Å². The van der Waals surface area contributed by atoms with Gasteiger partial charge < -0.3 is 14.2 Å². The Kier molecular flexibility index (Phi) is 14.7. The van der Waals surface area contributed by atoms with Crippen molar-refractivity contribution in [3.05, 3.63) is 193 Å². The number of carbonyl (C=O) groups is 3. The van der Waals surface area contributed by atoms with Crippen LogP contribution in [-0.4, -0.2) is 38.7 Å². The Hall–Kier alpha value is -7.59. The molecule has 6 aromatic rings. The molecule has 1 aliphatic rings. The van der Waals surface area contributed by atoms with Crippen molar-refractivity contribution in [2.24, 2.45) is 0 Å². The summed E-state index contributed by atoms with van der Waals surface area (Å²) in [6.07, 6.45) is 6.75. The third kappa shape index (κ3) is 11.2. The minimum absolute atomic E-state index is 0.526. The average Bonchev–Trinajstić information content (AvgIpc) is 3.37. The second-order valence-electron chi connectivity index (χ2n) is 15.4. The summed E-state index contributed by atoms with van der Waals surface area (Å²) in [6.45, 7) is 7.82. The third-order valence-corrected chi connectivity index (χ3v) is 10.5. The second kappa shape index (κ2) is 21.3. The van der Waals surface area contributed by atoms with Gasteiger partial charge in [-0.15, -0.1) is 0 Å². The van der Waals surface area contributed by atoms with Crippen molar-refractivity contribution in [1.29, 1.82) is 0 Å². The maximum atomic E-state index is 11.6. The van der Waals surface area contributed by atoms with Gasteiger partial charge in [-0.05, 0) is 145 Å². The van der Waals surface area contributed by atoms with Crippen LogP contribution in [0.15, 0.2) is 109 Å². The fourth-order valence-electron chi connectivity index (χ4n) is 7.38. The van der Waals surface area contributed by atoms with Gasteiger partial charge >= 0.3 is 0 Å². The summed E-state index contributed by atoms with van der Waals surface area (Å²) < 4.78 is 19.3. The van der Waals surface area contributed by atoms with Crippen molar-refractivity contribution in [3.8, 4) is 52.8 Å². The number of hydrogen-bond acceptors (Lipinski definition) is 6. The quantitative estimate of drug-likeness (QED) is 0.0902. The molecule has 0 aromatic heterocycles. The van der Waals surface area contributed by atoms with E-state index in [1.165, 1.54) is 0 Å². The number of fused-ring (bicyclic) bond motifs is 3. The molecule has 6 heteroatoms. The summed E-state index contributed by atoms with van der Waals surface area (Å²) in [7, 11) is 0. The standard InChI is InChI=1S/C57H48O6/c1-4-22-61-55-34-52-31-50-29-47(20-17-41-11-8-14-44(26-41)38-59)57(63-24-6-3)36-54(50)33-51-30-48(21-18-42-12-9-15-45(27-42)39-60)56(62-23-5-2)35-53(51)32-49(52)28-46(55)19-16-40-10-7-13-43(25-40)37-58/h7-15,25-30,34-39H,4-6,22-24,31-33H2,1-3H3. The first kappa shape index (κ1) is 43.5. The van der Waals surface area contributed by atoms with E-state index in [0.717, 1.165) is 105 Å². The molecule has 0 spiro atoms. The molecule has 7 rings (SSSR count). The molecule has 6 aromatic carbocycles.